The zero-order chi connectivity index (χ0) is 25.8. The molecule has 2 unspecified atom stereocenters. The average molecular weight is 499 g/mol. The summed E-state index contributed by atoms with van der Waals surface area (Å²) >= 11 is 0. The number of nitrogens with zero attached hydrogens (tertiary/aromatic N) is 4. The monoisotopic (exact) mass is 498 g/mol. The summed E-state index contributed by atoms with van der Waals surface area (Å²) in [6.07, 6.45) is 7.45. The van der Waals surface area contributed by atoms with Crippen LogP contribution in [0.2, 0.25) is 0 Å². The van der Waals surface area contributed by atoms with Gasteiger partial charge in [0.1, 0.15) is 5.82 Å². The van der Waals surface area contributed by atoms with Gasteiger partial charge in [0.2, 0.25) is 0 Å². The third-order valence-corrected chi connectivity index (χ3v) is 7.55. The molecule has 1 amide bonds. The van der Waals surface area contributed by atoms with E-state index in [0.29, 0.717) is 12.1 Å². The van der Waals surface area contributed by atoms with Gasteiger partial charge in [-0.25, -0.2) is 4.98 Å². The minimum absolute atomic E-state index is 0.000665. The summed E-state index contributed by atoms with van der Waals surface area (Å²) < 4.78 is 0. The Morgan fingerprint density at radius 3 is 2.49 bits per heavy atom. The van der Waals surface area contributed by atoms with E-state index in [9.17, 15) is 4.79 Å². The number of piperidine rings is 1. The van der Waals surface area contributed by atoms with E-state index in [1.165, 1.54) is 5.56 Å². The van der Waals surface area contributed by atoms with Crippen LogP contribution in [0.4, 0.5) is 5.82 Å². The molecule has 2 aromatic heterocycles. The molecule has 2 aliphatic rings. The number of carbonyl (C=O) groups excluding carboxylic acids is 1. The quantitative estimate of drug-likeness (QED) is 0.535. The highest BCUT2D eigenvalue weighted by Gasteiger charge is 2.24. The highest BCUT2D eigenvalue weighted by atomic mass is 16.1. The largest absolute Gasteiger partial charge is 0.356 e. The third-order valence-electron chi connectivity index (χ3n) is 7.55. The summed E-state index contributed by atoms with van der Waals surface area (Å²) in [4.78, 5) is 27.0. The Hall–Kier alpha value is -3.29. The highest BCUT2D eigenvalue weighted by molar-refractivity contribution is 5.97. The van der Waals surface area contributed by atoms with Crippen molar-refractivity contribution in [2.75, 3.05) is 31.1 Å². The molecule has 2 atom stereocenters. The van der Waals surface area contributed by atoms with Crippen LogP contribution < -0.4 is 15.5 Å². The van der Waals surface area contributed by atoms with Gasteiger partial charge >= 0.3 is 0 Å². The lowest BCUT2D eigenvalue weighted by atomic mass is 9.96. The zero-order valence-electron chi connectivity index (χ0n) is 22.2. The zero-order valence-corrected chi connectivity index (χ0v) is 22.2. The average Bonchev–Trinajstić information content (AvgIpc) is 2.90. The van der Waals surface area contributed by atoms with Crippen LogP contribution in [-0.4, -0.2) is 65.1 Å². The summed E-state index contributed by atoms with van der Waals surface area (Å²) in [7, 11) is 0. The van der Waals surface area contributed by atoms with Gasteiger partial charge in [0, 0.05) is 80.6 Å². The SMILES string of the molecule is Cc1c(C(=O)NC2CCN(c3ccc(CN4CC(C)NC(C)C4)cn3)CC2)cccc1-c1cccnc1. The molecule has 37 heavy (non-hydrogen) atoms. The second-order valence-corrected chi connectivity index (χ2v) is 10.6. The molecule has 7 nitrogen and oxygen atoms in total. The maximum Gasteiger partial charge on any atom is 0.251 e. The van der Waals surface area contributed by atoms with E-state index in [2.05, 4.69) is 51.4 Å². The van der Waals surface area contributed by atoms with Crippen molar-refractivity contribution in [3.63, 3.8) is 0 Å². The van der Waals surface area contributed by atoms with E-state index in [0.717, 1.165) is 73.6 Å². The number of pyridine rings is 2. The first-order chi connectivity index (χ1) is 18.0. The van der Waals surface area contributed by atoms with Gasteiger partial charge in [0.15, 0.2) is 0 Å². The van der Waals surface area contributed by atoms with Crippen LogP contribution in [0.25, 0.3) is 11.1 Å². The third kappa shape index (κ3) is 6.17. The standard InChI is InChI=1S/C30H38N6O/c1-21-18-35(19-22(2)33-21)20-24-9-10-29(32-16-24)36-14-11-26(12-15-36)34-30(37)28-8-4-7-27(23(28)3)25-6-5-13-31-17-25/h4-10,13,16-17,21-22,26,33H,11-12,14-15,18-20H2,1-3H3,(H,34,37). The molecule has 194 valence electrons. The van der Waals surface area contributed by atoms with Gasteiger partial charge in [-0.1, -0.05) is 24.3 Å². The molecule has 0 spiro atoms. The van der Waals surface area contributed by atoms with Gasteiger partial charge in [-0.2, -0.15) is 0 Å². The maximum absolute atomic E-state index is 13.1. The molecule has 1 aromatic carbocycles. The normalized spacial score (nSPS) is 21.1. The fourth-order valence-corrected chi connectivity index (χ4v) is 5.76. The Morgan fingerprint density at radius 1 is 1.03 bits per heavy atom. The van der Waals surface area contributed by atoms with Crippen molar-refractivity contribution in [3.8, 4) is 11.1 Å². The molecule has 2 fully saturated rings. The number of benzene rings is 1. The molecule has 3 aromatic rings. The Labute approximate surface area is 220 Å². The lowest BCUT2D eigenvalue weighted by Gasteiger charge is -2.36. The smallest absolute Gasteiger partial charge is 0.251 e. The number of nitrogens with one attached hydrogen (secondary N) is 2. The topological polar surface area (TPSA) is 73.4 Å². The molecule has 2 N–H and O–H groups in total. The summed E-state index contributed by atoms with van der Waals surface area (Å²) in [5.41, 5.74) is 5.05. The lowest BCUT2D eigenvalue weighted by Crippen LogP contribution is -2.53. The fraction of sp³-hybridized carbons (Fsp3) is 0.433. The molecule has 4 heterocycles. The van der Waals surface area contributed by atoms with Crippen LogP contribution in [-0.2, 0) is 6.54 Å². The van der Waals surface area contributed by atoms with Crippen LogP contribution in [0.5, 0.6) is 0 Å². The van der Waals surface area contributed by atoms with Crippen molar-refractivity contribution in [2.45, 2.75) is 58.3 Å². The van der Waals surface area contributed by atoms with Crippen LogP contribution in [0.1, 0.15) is 48.2 Å². The number of anilines is 1. The minimum Gasteiger partial charge on any atom is -0.356 e. The van der Waals surface area contributed by atoms with Gasteiger partial charge in [0.05, 0.1) is 0 Å². The summed E-state index contributed by atoms with van der Waals surface area (Å²) in [6.45, 7) is 11.4. The molecule has 0 radical (unpaired) electrons. The van der Waals surface area contributed by atoms with Gasteiger partial charge in [0.25, 0.3) is 5.91 Å². The number of hydrogen-bond donors (Lipinski definition) is 2. The first kappa shape index (κ1) is 25.4. The van der Waals surface area contributed by atoms with Gasteiger partial charge in [-0.15, -0.1) is 0 Å². The van der Waals surface area contributed by atoms with E-state index >= 15 is 0 Å². The number of amides is 1. The Balaban J connectivity index is 1.14. The van der Waals surface area contributed by atoms with E-state index in [-0.39, 0.29) is 11.9 Å². The van der Waals surface area contributed by atoms with Crippen molar-refractivity contribution in [1.29, 1.82) is 0 Å². The van der Waals surface area contributed by atoms with E-state index < -0.39 is 0 Å². The second-order valence-electron chi connectivity index (χ2n) is 10.6. The van der Waals surface area contributed by atoms with Crippen molar-refractivity contribution < 1.29 is 4.79 Å². The van der Waals surface area contributed by atoms with Crippen LogP contribution >= 0.6 is 0 Å². The minimum atomic E-state index is 0.000665. The highest BCUT2D eigenvalue weighted by Crippen LogP contribution is 2.26. The van der Waals surface area contributed by atoms with E-state index in [1.54, 1.807) is 6.20 Å². The molecule has 2 saturated heterocycles. The van der Waals surface area contributed by atoms with E-state index in [4.69, 9.17) is 4.98 Å². The summed E-state index contributed by atoms with van der Waals surface area (Å²) in [5.74, 6) is 1.02. The van der Waals surface area contributed by atoms with Gasteiger partial charge in [-0.3, -0.25) is 14.7 Å². The van der Waals surface area contributed by atoms with Crippen molar-refractivity contribution >= 4 is 11.7 Å². The Bertz CT molecular complexity index is 1180. The fourth-order valence-electron chi connectivity index (χ4n) is 5.76. The van der Waals surface area contributed by atoms with Crippen LogP contribution in [0.3, 0.4) is 0 Å². The summed E-state index contributed by atoms with van der Waals surface area (Å²) in [6, 6.07) is 15.4. The number of carbonyl (C=O) groups is 1. The molecular weight excluding hydrogens is 460 g/mol. The van der Waals surface area contributed by atoms with Crippen molar-refractivity contribution in [2.24, 2.45) is 0 Å². The van der Waals surface area contributed by atoms with Gasteiger partial charge in [-0.05, 0) is 68.5 Å². The maximum atomic E-state index is 13.1. The lowest BCUT2D eigenvalue weighted by molar-refractivity contribution is 0.0930. The number of rotatable bonds is 6. The van der Waals surface area contributed by atoms with Crippen molar-refractivity contribution in [3.05, 3.63) is 77.7 Å². The molecule has 5 rings (SSSR count). The molecule has 7 heteroatoms. The molecular formula is C30H38N6O. The Kier molecular flexibility index (Phi) is 7.82. The molecule has 0 saturated carbocycles. The number of hydrogen-bond acceptors (Lipinski definition) is 6. The summed E-state index contributed by atoms with van der Waals surface area (Å²) in [5, 5.41) is 6.87. The van der Waals surface area contributed by atoms with E-state index in [1.807, 2.05) is 49.6 Å². The number of piperazine rings is 1. The van der Waals surface area contributed by atoms with Crippen molar-refractivity contribution in [1.82, 2.24) is 25.5 Å². The van der Waals surface area contributed by atoms with Crippen LogP contribution in [0, 0.1) is 6.92 Å². The predicted molar refractivity (Wildman–Crippen MR) is 149 cm³/mol. The Morgan fingerprint density at radius 2 is 1.81 bits per heavy atom. The van der Waals surface area contributed by atoms with Crippen LogP contribution in [0.15, 0.2) is 61.1 Å². The second kappa shape index (κ2) is 11.4. The predicted octanol–water partition coefficient (Wildman–Crippen LogP) is 4.03. The number of aromatic nitrogens is 2. The molecule has 0 bridgehead atoms. The van der Waals surface area contributed by atoms with Gasteiger partial charge < -0.3 is 15.5 Å². The first-order valence-electron chi connectivity index (χ1n) is 13.5. The molecule has 2 aliphatic heterocycles. The first-order valence-corrected chi connectivity index (χ1v) is 13.5. The molecule has 0 aliphatic carbocycles.